The summed E-state index contributed by atoms with van der Waals surface area (Å²) in [5.74, 6) is -0.330. The first-order valence-corrected chi connectivity index (χ1v) is 8.14. The minimum Gasteiger partial charge on any atom is -0.478 e. The van der Waals surface area contributed by atoms with Crippen LogP contribution in [0.2, 0.25) is 0 Å². The fraction of sp³-hybridized carbons (Fsp3) is 0.611. The predicted octanol–water partition coefficient (Wildman–Crippen LogP) is 3.66. The van der Waals surface area contributed by atoms with E-state index in [1.54, 1.807) is 13.8 Å². The van der Waals surface area contributed by atoms with Gasteiger partial charge in [0.2, 0.25) is 0 Å². The van der Waals surface area contributed by atoms with E-state index in [1.807, 2.05) is 19.1 Å². The summed E-state index contributed by atoms with van der Waals surface area (Å²) in [5, 5.41) is 12.8. The SMILES string of the molecule is Cc1cc(CNC2CCCCC2)ccc1OC(C)(C)C(=O)O. The van der Waals surface area contributed by atoms with Gasteiger partial charge < -0.3 is 15.2 Å². The maximum absolute atomic E-state index is 11.1. The summed E-state index contributed by atoms with van der Waals surface area (Å²) < 4.78 is 5.62. The van der Waals surface area contributed by atoms with Crippen molar-refractivity contribution in [1.82, 2.24) is 5.32 Å². The second kappa shape index (κ2) is 7.14. The molecule has 4 heteroatoms. The molecule has 1 aromatic carbocycles. The number of carboxylic acids is 1. The Morgan fingerprint density at radius 2 is 2.00 bits per heavy atom. The lowest BCUT2D eigenvalue weighted by atomic mass is 9.95. The summed E-state index contributed by atoms with van der Waals surface area (Å²) in [7, 11) is 0. The first kappa shape index (κ1) is 16.8. The summed E-state index contributed by atoms with van der Waals surface area (Å²) in [5.41, 5.74) is 0.966. The molecular formula is C18H27NO3. The molecule has 0 saturated heterocycles. The van der Waals surface area contributed by atoms with Crippen LogP contribution in [0.15, 0.2) is 18.2 Å². The van der Waals surface area contributed by atoms with Crippen LogP contribution in [0, 0.1) is 6.92 Å². The summed E-state index contributed by atoms with van der Waals surface area (Å²) in [6.45, 7) is 5.94. The average Bonchev–Trinajstić information content (AvgIpc) is 2.48. The van der Waals surface area contributed by atoms with Gasteiger partial charge in [0.15, 0.2) is 5.60 Å². The van der Waals surface area contributed by atoms with Gasteiger partial charge in [-0.25, -0.2) is 4.79 Å². The van der Waals surface area contributed by atoms with Crippen molar-refractivity contribution in [3.63, 3.8) is 0 Å². The van der Waals surface area contributed by atoms with Gasteiger partial charge in [-0.15, -0.1) is 0 Å². The minimum absolute atomic E-state index is 0.633. The molecule has 2 N–H and O–H groups in total. The van der Waals surface area contributed by atoms with E-state index >= 15 is 0 Å². The predicted molar refractivity (Wildman–Crippen MR) is 87.2 cm³/mol. The molecular weight excluding hydrogens is 278 g/mol. The van der Waals surface area contributed by atoms with E-state index in [1.165, 1.54) is 37.7 Å². The van der Waals surface area contributed by atoms with E-state index in [0.717, 1.165) is 12.1 Å². The van der Waals surface area contributed by atoms with Gasteiger partial charge in [0.25, 0.3) is 0 Å². The van der Waals surface area contributed by atoms with Crippen molar-refractivity contribution in [2.75, 3.05) is 0 Å². The Balaban J connectivity index is 1.95. The first-order chi connectivity index (χ1) is 10.4. The fourth-order valence-electron chi connectivity index (χ4n) is 2.82. The highest BCUT2D eigenvalue weighted by atomic mass is 16.5. The standard InChI is InChI=1S/C18H27NO3/c1-13-11-14(12-19-15-7-5-4-6-8-15)9-10-16(13)22-18(2,3)17(20)21/h9-11,15,19H,4-8,12H2,1-3H3,(H,20,21). The van der Waals surface area contributed by atoms with E-state index in [-0.39, 0.29) is 0 Å². The zero-order valence-corrected chi connectivity index (χ0v) is 13.8. The Kier molecular flexibility index (Phi) is 5.46. The van der Waals surface area contributed by atoms with Crippen LogP contribution in [-0.4, -0.2) is 22.7 Å². The number of aliphatic carboxylic acids is 1. The summed E-state index contributed by atoms with van der Waals surface area (Å²) in [4.78, 5) is 11.1. The molecule has 0 heterocycles. The largest absolute Gasteiger partial charge is 0.478 e. The number of benzene rings is 1. The molecule has 4 nitrogen and oxygen atoms in total. The smallest absolute Gasteiger partial charge is 0.347 e. The van der Waals surface area contributed by atoms with E-state index in [0.29, 0.717) is 11.8 Å². The van der Waals surface area contributed by atoms with Gasteiger partial charge in [-0.2, -0.15) is 0 Å². The van der Waals surface area contributed by atoms with Crippen LogP contribution in [-0.2, 0) is 11.3 Å². The molecule has 0 atom stereocenters. The molecule has 1 aromatic rings. The maximum atomic E-state index is 11.1. The monoisotopic (exact) mass is 305 g/mol. The van der Waals surface area contributed by atoms with E-state index in [9.17, 15) is 4.79 Å². The van der Waals surface area contributed by atoms with Gasteiger partial charge in [0.05, 0.1) is 0 Å². The molecule has 0 aliphatic heterocycles. The van der Waals surface area contributed by atoms with Crippen molar-refractivity contribution in [2.24, 2.45) is 0 Å². The van der Waals surface area contributed by atoms with Gasteiger partial charge in [0.1, 0.15) is 5.75 Å². The molecule has 0 unspecified atom stereocenters. The minimum atomic E-state index is -1.22. The summed E-state index contributed by atoms with van der Waals surface area (Å²) >= 11 is 0. The number of ether oxygens (including phenoxy) is 1. The molecule has 0 amide bonds. The van der Waals surface area contributed by atoms with E-state index in [4.69, 9.17) is 9.84 Å². The van der Waals surface area contributed by atoms with Crippen LogP contribution in [0.5, 0.6) is 5.75 Å². The number of carbonyl (C=O) groups is 1. The van der Waals surface area contributed by atoms with Crippen molar-refractivity contribution in [2.45, 2.75) is 71.1 Å². The number of rotatable bonds is 6. The third kappa shape index (κ3) is 4.47. The Morgan fingerprint density at radius 1 is 1.32 bits per heavy atom. The summed E-state index contributed by atoms with van der Waals surface area (Å²) in [6, 6.07) is 6.59. The Labute approximate surface area is 132 Å². The van der Waals surface area contributed by atoms with Crippen molar-refractivity contribution in [3.8, 4) is 5.75 Å². The van der Waals surface area contributed by atoms with Crippen molar-refractivity contribution in [1.29, 1.82) is 0 Å². The van der Waals surface area contributed by atoms with Crippen molar-refractivity contribution in [3.05, 3.63) is 29.3 Å². The van der Waals surface area contributed by atoms with E-state index < -0.39 is 11.6 Å². The fourth-order valence-corrected chi connectivity index (χ4v) is 2.82. The third-order valence-electron chi connectivity index (χ3n) is 4.32. The lowest BCUT2D eigenvalue weighted by Crippen LogP contribution is -2.38. The molecule has 122 valence electrons. The quantitative estimate of drug-likeness (QED) is 0.842. The molecule has 2 rings (SSSR count). The van der Waals surface area contributed by atoms with Crippen LogP contribution >= 0.6 is 0 Å². The first-order valence-electron chi connectivity index (χ1n) is 8.14. The van der Waals surface area contributed by atoms with Crippen LogP contribution in [0.25, 0.3) is 0 Å². The second-order valence-electron chi connectivity index (χ2n) is 6.73. The molecule has 1 aliphatic carbocycles. The lowest BCUT2D eigenvalue weighted by molar-refractivity contribution is -0.152. The molecule has 1 saturated carbocycles. The summed E-state index contributed by atoms with van der Waals surface area (Å²) in [6.07, 6.45) is 6.56. The Bertz CT molecular complexity index is 519. The third-order valence-corrected chi connectivity index (χ3v) is 4.32. The highest BCUT2D eigenvalue weighted by molar-refractivity contribution is 5.76. The number of carboxylic acid groups (broad SMARTS) is 1. The van der Waals surface area contributed by atoms with Crippen LogP contribution < -0.4 is 10.1 Å². The highest BCUT2D eigenvalue weighted by Crippen LogP contribution is 2.24. The normalized spacial score (nSPS) is 16.5. The topological polar surface area (TPSA) is 58.6 Å². The van der Waals surface area contributed by atoms with Crippen LogP contribution in [0.3, 0.4) is 0 Å². The average molecular weight is 305 g/mol. The Hall–Kier alpha value is -1.55. The molecule has 0 aromatic heterocycles. The van der Waals surface area contributed by atoms with Gasteiger partial charge in [-0.3, -0.25) is 0 Å². The second-order valence-corrected chi connectivity index (χ2v) is 6.73. The van der Waals surface area contributed by atoms with Gasteiger partial charge in [-0.05, 0) is 50.8 Å². The molecule has 1 fully saturated rings. The van der Waals surface area contributed by atoms with Crippen LogP contribution in [0.4, 0.5) is 0 Å². The maximum Gasteiger partial charge on any atom is 0.347 e. The number of hydrogen-bond acceptors (Lipinski definition) is 3. The van der Waals surface area contributed by atoms with Crippen LogP contribution in [0.1, 0.15) is 57.1 Å². The lowest BCUT2D eigenvalue weighted by Gasteiger charge is -2.24. The molecule has 22 heavy (non-hydrogen) atoms. The number of aryl methyl sites for hydroxylation is 1. The zero-order valence-electron chi connectivity index (χ0n) is 13.8. The number of hydrogen-bond donors (Lipinski definition) is 2. The molecule has 0 bridgehead atoms. The van der Waals surface area contributed by atoms with Gasteiger partial charge in [0, 0.05) is 12.6 Å². The van der Waals surface area contributed by atoms with E-state index in [2.05, 4.69) is 11.4 Å². The van der Waals surface area contributed by atoms with Crippen molar-refractivity contribution >= 4 is 5.97 Å². The number of nitrogens with one attached hydrogen (secondary N) is 1. The van der Waals surface area contributed by atoms with Gasteiger partial charge >= 0.3 is 5.97 Å². The van der Waals surface area contributed by atoms with Crippen molar-refractivity contribution < 1.29 is 14.6 Å². The molecule has 0 spiro atoms. The Morgan fingerprint density at radius 3 is 2.59 bits per heavy atom. The molecule has 0 radical (unpaired) electrons. The highest BCUT2D eigenvalue weighted by Gasteiger charge is 2.29. The zero-order chi connectivity index (χ0) is 16.2. The molecule has 1 aliphatic rings. The van der Waals surface area contributed by atoms with Gasteiger partial charge in [-0.1, -0.05) is 31.4 Å².